The van der Waals surface area contributed by atoms with Crippen LogP contribution in [0.3, 0.4) is 0 Å². The van der Waals surface area contributed by atoms with Gasteiger partial charge in [-0.2, -0.15) is 5.26 Å². The lowest BCUT2D eigenvalue weighted by Crippen LogP contribution is -2.55. The van der Waals surface area contributed by atoms with E-state index in [1.165, 1.54) is 49.5 Å². The van der Waals surface area contributed by atoms with Crippen LogP contribution >= 0.6 is 0 Å². The Hall–Kier alpha value is -4.08. The molecule has 0 bridgehead atoms. The van der Waals surface area contributed by atoms with Gasteiger partial charge in [0.2, 0.25) is 5.91 Å². The average Bonchev–Trinajstić information content (AvgIpc) is 3.86. The first-order valence-corrected chi connectivity index (χ1v) is 20.8. The van der Waals surface area contributed by atoms with Crippen LogP contribution in [0.15, 0.2) is 60.7 Å². The molecule has 0 spiro atoms. The third-order valence-corrected chi connectivity index (χ3v) is 13.5. The van der Waals surface area contributed by atoms with E-state index in [1.54, 1.807) is 30.3 Å². The van der Waals surface area contributed by atoms with Gasteiger partial charge in [0.25, 0.3) is 5.92 Å². The number of halogens is 3. The van der Waals surface area contributed by atoms with Gasteiger partial charge in [-0.3, -0.25) is 9.69 Å². The zero-order chi connectivity index (χ0) is 39.3. The summed E-state index contributed by atoms with van der Waals surface area (Å²) in [4.78, 5) is 33.4. The van der Waals surface area contributed by atoms with E-state index in [0.717, 1.165) is 96.6 Å². The standard InChI is InChI=1S/C44H57F3N6O3/c1-56-42(55)49-40-11-6-10-39(40)43(31-48,35-8-5-9-37(45)26-35)33-18-23-51(24-19-33)27-32-17-25-52(28-32)38-15-13-34(14-16-38)44(46,47)36-29-53(30-36)41(54)12-7-22-50-20-3-2-4-21-50/h5,7-9,12-16,26,32-33,36,39-40H,2-4,6,10-11,17-25,27-30H2,1H3,(H,49,55)/b12-7+/t32-,39-,40-,43?/m0/s1. The molecule has 2 aromatic rings. The number of methoxy groups -OCH3 is 1. The van der Waals surface area contributed by atoms with Crippen molar-refractivity contribution < 1.29 is 27.5 Å². The quantitative estimate of drug-likeness (QED) is 0.234. The van der Waals surface area contributed by atoms with E-state index >= 15 is 8.78 Å². The Balaban J connectivity index is 0.905. The van der Waals surface area contributed by atoms with Crippen molar-refractivity contribution in [1.29, 1.82) is 5.26 Å². The van der Waals surface area contributed by atoms with Crippen molar-refractivity contribution >= 4 is 17.7 Å². The molecule has 4 aliphatic heterocycles. The molecule has 12 heteroatoms. The Morgan fingerprint density at radius 1 is 0.875 bits per heavy atom. The molecular weight excluding hydrogens is 718 g/mol. The van der Waals surface area contributed by atoms with Gasteiger partial charge in [0.05, 0.1) is 24.5 Å². The topological polar surface area (TPSA) is 92.1 Å². The summed E-state index contributed by atoms with van der Waals surface area (Å²) in [6.07, 6.45) is 11.5. The number of nitrogens with zero attached hydrogens (tertiary/aromatic N) is 5. The van der Waals surface area contributed by atoms with Crippen LogP contribution in [0.4, 0.5) is 23.7 Å². The molecule has 4 saturated heterocycles. The van der Waals surface area contributed by atoms with E-state index in [9.17, 15) is 19.2 Å². The first-order chi connectivity index (χ1) is 27.1. The Kier molecular flexibility index (Phi) is 12.6. The van der Waals surface area contributed by atoms with Crippen molar-refractivity contribution in [2.75, 3.05) is 77.5 Å². The number of piperidine rings is 2. The highest BCUT2D eigenvalue weighted by Crippen LogP contribution is 2.50. The molecule has 5 aliphatic rings. The Labute approximate surface area is 329 Å². The van der Waals surface area contributed by atoms with Crippen LogP contribution in [-0.2, 0) is 20.9 Å². The summed E-state index contributed by atoms with van der Waals surface area (Å²) < 4.78 is 50.6. The van der Waals surface area contributed by atoms with E-state index in [2.05, 4.69) is 26.1 Å². The first kappa shape index (κ1) is 40.1. The molecule has 2 amide bonds. The van der Waals surface area contributed by atoms with Crippen molar-refractivity contribution in [2.45, 2.75) is 75.2 Å². The van der Waals surface area contributed by atoms with Crippen LogP contribution in [0.2, 0.25) is 0 Å². The predicted molar refractivity (Wildman–Crippen MR) is 210 cm³/mol. The van der Waals surface area contributed by atoms with Crippen molar-refractivity contribution in [3.05, 3.63) is 77.6 Å². The maximum atomic E-state index is 15.5. The number of nitriles is 1. The minimum absolute atomic E-state index is 0.00183. The number of likely N-dealkylation sites (tertiary alicyclic amines) is 3. The summed E-state index contributed by atoms with van der Waals surface area (Å²) >= 11 is 0. The first-order valence-electron chi connectivity index (χ1n) is 20.8. The molecule has 4 atom stereocenters. The fourth-order valence-corrected chi connectivity index (χ4v) is 10.3. The maximum Gasteiger partial charge on any atom is 0.407 e. The lowest BCUT2D eigenvalue weighted by atomic mass is 9.59. The van der Waals surface area contributed by atoms with Crippen LogP contribution in [0.1, 0.15) is 68.9 Å². The highest BCUT2D eigenvalue weighted by Gasteiger charge is 2.53. The number of amides is 2. The minimum atomic E-state index is -3.01. The smallest absolute Gasteiger partial charge is 0.407 e. The van der Waals surface area contributed by atoms with Crippen LogP contribution in [-0.4, -0.2) is 105 Å². The second kappa shape index (κ2) is 17.6. The average molecular weight is 775 g/mol. The second-order valence-corrected chi connectivity index (χ2v) is 16.8. The number of benzene rings is 2. The number of carbonyl (C=O) groups excluding carboxylic acids is 2. The molecule has 9 nitrogen and oxygen atoms in total. The van der Waals surface area contributed by atoms with Crippen molar-refractivity contribution in [2.24, 2.45) is 23.7 Å². The molecule has 4 heterocycles. The van der Waals surface area contributed by atoms with E-state index in [4.69, 9.17) is 4.74 Å². The highest BCUT2D eigenvalue weighted by molar-refractivity contribution is 5.88. The Morgan fingerprint density at radius 3 is 2.32 bits per heavy atom. The molecule has 1 N–H and O–H groups in total. The molecule has 2 aromatic carbocycles. The largest absolute Gasteiger partial charge is 0.453 e. The minimum Gasteiger partial charge on any atom is -0.453 e. The zero-order valence-corrected chi connectivity index (χ0v) is 32.7. The number of alkyl halides is 2. The summed E-state index contributed by atoms with van der Waals surface area (Å²) in [5, 5.41) is 14.0. The lowest BCUT2D eigenvalue weighted by molar-refractivity contribution is -0.151. The van der Waals surface area contributed by atoms with Gasteiger partial charge >= 0.3 is 6.09 Å². The molecule has 1 aliphatic carbocycles. The van der Waals surface area contributed by atoms with Crippen molar-refractivity contribution in [3.63, 3.8) is 0 Å². The number of ether oxygens (including phenoxy) is 1. The molecular formula is C44H57F3N6O3. The van der Waals surface area contributed by atoms with Gasteiger partial charge in [-0.15, -0.1) is 0 Å². The van der Waals surface area contributed by atoms with Gasteiger partial charge < -0.3 is 24.8 Å². The predicted octanol–water partition coefficient (Wildman–Crippen LogP) is 6.94. The van der Waals surface area contributed by atoms with E-state index < -0.39 is 23.3 Å². The second-order valence-electron chi connectivity index (χ2n) is 16.8. The number of hydrogen-bond donors (Lipinski definition) is 1. The lowest BCUT2D eigenvalue weighted by Gasteiger charge is -2.46. The van der Waals surface area contributed by atoms with Gasteiger partial charge in [0.1, 0.15) is 5.82 Å². The van der Waals surface area contributed by atoms with Crippen LogP contribution in [0, 0.1) is 40.8 Å². The van der Waals surface area contributed by atoms with Gasteiger partial charge in [-0.1, -0.05) is 43.2 Å². The van der Waals surface area contributed by atoms with E-state index in [1.807, 2.05) is 12.1 Å². The number of alkyl carbamates (subject to hydrolysis) is 1. The molecule has 7 rings (SSSR count). The van der Waals surface area contributed by atoms with Crippen LogP contribution in [0.25, 0.3) is 0 Å². The monoisotopic (exact) mass is 774 g/mol. The molecule has 0 radical (unpaired) electrons. The van der Waals surface area contributed by atoms with Gasteiger partial charge in [0, 0.05) is 68.6 Å². The van der Waals surface area contributed by atoms with Gasteiger partial charge in [-0.05, 0) is 113 Å². The molecule has 302 valence electrons. The molecule has 1 saturated carbocycles. The molecule has 1 unspecified atom stereocenters. The molecule has 56 heavy (non-hydrogen) atoms. The number of rotatable bonds is 12. The fraction of sp³-hybridized carbons (Fsp3) is 0.614. The third-order valence-electron chi connectivity index (χ3n) is 13.5. The normalized spacial score (nSPS) is 25.5. The number of nitrogens with one attached hydrogen (secondary N) is 1. The van der Waals surface area contributed by atoms with Crippen LogP contribution in [0.5, 0.6) is 0 Å². The summed E-state index contributed by atoms with van der Waals surface area (Å²) in [6.45, 7) is 7.19. The van der Waals surface area contributed by atoms with Crippen molar-refractivity contribution in [1.82, 2.24) is 20.0 Å². The highest BCUT2D eigenvalue weighted by atomic mass is 19.3. The number of anilines is 1. The van der Waals surface area contributed by atoms with E-state index in [0.29, 0.717) is 11.5 Å². The van der Waals surface area contributed by atoms with Gasteiger partial charge in [0.15, 0.2) is 0 Å². The maximum absolute atomic E-state index is 15.5. The third kappa shape index (κ3) is 8.59. The van der Waals surface area contributed by atoms with Gasteiger partial charge in [-0.25, -0.2) is 18.0 Å². The number of hydrogen-bond acceptors (Lipinski definition) is 7. The van der Waals surface area contributed by atoms with E-state index in [-0.39, 0.29) is 48.3 Å². The SMILES string of the molecule is COC(=O)N[C@H]1CCC[C@@H]1C(C#N)(c1cccc(F)c1)C1CCN(C[C@@H]2CCN(c3ccc(C(F)(F)C4CN(C(=O)/C=C/CN5CCCCC5)C4)cc3)C2)CC1. The summed E-state index contributed by atoms with van der Waals surface area (Å²) in [7, 11) is 1.34. The summed E-state index contributed by atoms with van der Waals surface area (Å²) in [6, 6.07) is 15.6. The summed E-state index contributed by atoms with van der Waals surface area (Å²) in [5.74, 6) is -4.20. The number of carbonyl (C=O) groups is 2. The zero-order valence-electron chi connectivity index (χ0n) is 32.7. The fourth-order valence-electron chi connectivity index (χ4n) is 10.3. The molecule has 0 aromatic heterocycles. The van der Waals surface area contributed by atoms with Crippen molar-refractivity contribution in [3.8, 4) is 6.07 Å². The Morgan fingerprint density at radius 2 is 1.62 bits per heavy atom. The van der Waals surface area contributed by atoms with Crippen LogP contribution < -0.4 is 10.2 Å². The molecule has 5 fully saturated rings. The Bertz CT molecular complexity index is 1730. The summed E-state index contributed by atoms with van der Waals surface area (Å²) in [5.41, 5.74) is 0.682.